The molecule has 0 spiro atoms. The molecule has 2 aromatic rings. The van der Waals surface area contributed by atoms with Crippen LogP contribution in [0.1, 0.15) is 30.6 Å². The Labute approximate surface area is 171 Å². The molecule has 2 rings (SSSR count). The smallest absolute Gasteiger partial charge is 0.395 e. The van der Waals surface area contributed by atoms with E-state index < -0.39 is 23.3 Å². The van der Waals surface area contributed by atoms with E-state index in [1.54, 1.807) is 13.8 Å². The van der Waals surface area contributed by atoms with Gasteiger partial charge in [0.05, 0.1) is 30.5 Å². The first-order chi connectivity index (χ1) is 13.6. The maximum absolute atomic E-state index is 12.1. The van der Waals surface area contributed by atoms with Gasteiger partial charge in [-0.3, -0.25) is 14.9 Å². The van der Waals surface area contributed by atoms with Crippen LogP contribution in [0.2, 0.25) is 5.02 Å². The van der Waals surface area contributed by atoms with Gasteiger partial charge < -0.3 is 24.3 Å². The number of methoxy groups -OCH3 is 1. The van der Waals surface area contributed by atoms with Gasteiger partial charge in [0.2, 0.25) is 5.88 Å². The highest BCUT2D eigenvalue weighted by Crippen LogP contribution is 2.23. The highest BCUT2D eigenvalue weighted by molar-refractivity contribution is 6.39. The molecule has 0 fully saturated rings. The quantitative estimate of drug-likeness (QED) is 0.547. The first-order valence-electron chi connectivity index (χ1n) is 8.40. The lowest BCUT2D eigenvalue weighted by molar-refractivity contribution is -0.137. The van der Waals surface area contributed by atoms with Crippen molar-refractivity contribution in [3.05, 3.63) is 35.0 Å². The van der Waals surface area contributed by atoms with Crippen molar-refractivity contribution < 1.29 is 33.4 Å². The molecule has 1 heterocycles. The molecule has 0 radical (unpaired) electrons. The molecule has 0 bridgehead atoms. The van der Waals surface area contributed by atoms with E-state index >= 15 is 0 Å². The van der Waals surface area contributed by atoms with Crippen molar-refractivity contribution in [1.29, 1.82) is 0 Å². The van der Waals surface area contributed by atoms with Crippen LogP contribution in [0.5, 0.6) is 11.8 Å². The van der Waals surface area contributed by atoms with Crippen LogP contribution >= 0.6 is 11.6 Å². The lowest BCUT2D eigenvalue weighted by atomic mass is 10.0. The van der Waals surface area contributed by atoms with E-state index in [-0.39, 0.29) is 29.2 Å². The monoisotopic (exact) mass is 425 g/mol. The Kier molecular flexibility index (Phi) is 7.05. The van der Waals surface area contributed by atoms with Crippen molar-refractivity contribution in [2.24, 2.45) is 0 Å². The summed E-state index contributed by atoms with van der Waals surface area (Å²) in [5.74, 6) is -2.55. The first kappa shape index (κ1) is 22.0. The number of halogens is 1. The summed E-state index contributed by atoms with van der Waals surface area (Å²) in [4.78, 5) is 38.7. The van der Waals surface area contributed by atoms with Gasteiger partial charge in [0.25, 0.3) is 0 Å². The molecule has 0 saturated carbocycles. The summed E-state index contributed by atoms with van der Waals surface area (Å²) in [6.07, 6.45) is 1.53. The number of carboxylic acids is 1. The Balaban J connectivity index is 1.84. The zero-order valence-electron chi connectivity index (χ0n) is 15.9. The predicted molar refractivity (Wildman–Crippen MR) is 102 cm³/mol. The predicted octanol–water partition coefficient (Wildman–Crippen LogP) is 2.34. The van der Waals surface area contributed by atoms with Crippen LogP contribution in [0.25, 0.3) is 0 Å². The highest BCUT2D eigenvalue weighted by atomic mass is 35.5. The minimum absolute atomic E-state index is 0.0233. The second-order valence-electron chi connectivity index (χ2n) is 6.53. The number of hydrogen-bond donors (Lipinski definition) is 3. The number of nitrogens with one attached hydrogen (secondary N) is 2. The fourth-order valence-electron chi connectivity index (χ4n) is 2.19. The Morgan fingerprint density at radius 3 is 2.59 bits per heavy atom. The molecule has 1 aromatic carbocycles. The zero-order valence-corrected chi connectivity index (χ0v) is 16.7. The molecule has 0 aliphatic rings. The maximum atomic E-state index is 12.1. The standard InChI is InChI=1S/C18H20ClN3O7/c1-18(2,6-7-28-10-4-5-11(16(25)26)12(19)8-10)22-15(24)14(23)21-13-9-20-17(27-3)29-13/h4-5,8-9H,6-7H2,1-3H3,(H,21,23)(H,22,24)(H,25,26). The van der Waals surface area contributed by atoms with Crippen molar-refractivity contribution >= 4 is 35.3 Å². The third-order valence-electron chi connectivity index (χ3n) is 3.72. The second kappa shape index (κ2) is 9.28. The lowest BCUT2D eigenvalue weighted by Crippen LogP contribution is -2.48. The Morgan fingerprint density at radius 2 is 2.00 bits per heavy atom. The van der Waals surface area contributed by atoms with Gasteiger partial charge in [-0.05, 0) is 32.0 Å². The molecule has 0 atom stereocenters. The molecule has 0 aliphatic carbocycles. The lowest BCUT2D eigenvalue weighted by Gasteiger charge is -2.25. The number of nitrogens with zero attached hydrogens (tertiary/aromatic N) is 1. The van der Waals surface area contributed by atoms with Gasteiger partial charge in [-0.2, -0.15) is 4.98 Å². The van der Waals surface area contributed by atoms with Crippen LogP contribution in [0.15, 0.2) is 28.8 Å². The zero-order chi connectivity index (χ0) is 21.6. The first-order valence-corrected chi connectivity index (χ1v) is 8.78. The van der Waals surface area contributed by atoms with Crippen molar-refractivity contribution in [3.8, 4) is 11.8 Å². The average molecular weight is 426 g/mol. The van der Waals surface area contributed by atoms with E-state index in [1.807, 2.05) is 0 Å². The largest absolute Gasteiger partial charge is 0.493 e. The molecule has 0 unspecified atom stereocenters. The van der Waals surface area contributed by atoms with E-state index in [9.17, 15) is 14.4 Å². The van der Waals surface area contributed by atoms with Gasteiger partial charge in [-0.25, -0.2) is 4.79 Å². The molecule has 29 heavy (non-hydrogen) atoms. The van der Waals surface area contributed by atoms with Gasteiger partial charge in [0.1, 0.15) is 5.75 Å². The number of carbonyl (C=O) groups is 3. The van der Waals surface area contributed by atoms with Crippen molar-refractivity contribution in [2.75, 3.05) is 19.0 Å². The molecule has 3 N–H and O–H groups in total. The van der Waals surface area contributed by atoms with Crippen LogP contribution < -0.4 is 20.1 Å². The molecule has 0 saturated heterocycles. The summed E-state index contributed by atoms with van der Waals surface area (Å²) in [5, 5.41) is 13.9. The molecule has 10 nitrogen and oxygen atoms in total. The van der Waals surface area contributed by atoms with Crippen LogP contribution in [0, 0.1) is 0 Å². The summed E-state index contributed by atoms with van der Waals surface area (Å²) in [6, 6.07) is 4.23. The number of aromatic carboxylic acids is 1. The normalized spacial score (nSPS) is 10.9. The van der Waals surface area contributed by atoms with Crippen molar-refractivity contribution in [2.45, 2.75) is 25.8 Å². The Morgan fingerprint density at radius 1 is 1.28 bits per heavy atom. The molecule has 0 aliphatic heterocycles. The summed E-state index contributed by atoms with van der Waals surface area (Å²) in [7, 11) is 1.35. The van der Waals surface area contributed by atoms with Crippen LogP contribution in [0.4, 0.5) is 5.88 Å². The third-order valence-corrected chi connectivity index (χ3v) is 4.03. The van der Waals surface area contributed by atoms with Gasteiger partial charge in [-0.15, -0.1) is 0 Å². The number of carbonyl (C=O) groups excluding carboxylic acids is 2. The molecule has 2 amide bonds. The summed E-state index contributed by atoms with van der Waals surface area (Å²) < 4.78 is 15.3. The maximum Gasteiger partial charge on any atom is 0.395 e. The van der Waals surface area contributed by atoms with E-state index in [2.05, 4.69) is 15.6 Å². The average Bonchev–Trinajstić information content (AvgIpc) is 3.08. The van der Waals surface area contributed by atoms with E-state index in [0.29, 0.717) is 12.2 Å². The molecular weight excluding hydrogens is 406 g/mol. The highest BCUT2D eigenvalue weighted by Gasteiger charge is 2.25. The van der Waals surface area contributed by atoms with Crippen LogP contribution in [0.3, 0.4) is 0 Å². The second-order valence-corrected chi connectivity index (χ2v) is 6.94. The van der Waals surface area contributed by atoms with Gasteiger partial charge in [0.15, 0.2) is 0 Å². The summed E-state index contributed by atoms with van der Waals surface area (Å²) in [5.41, 5.74) is -0.791. The number of aromatic nitrogens is 1. The summed E-state index contributed by atoms with van der Waals surface area (Å²) >= 11 is 5.89. The number of carboxylic acid groups (broad SMARTS) is 1. The number of anilines is 1. The number of ether oxygens (including phenoxy) is 2. The fraction of sp³-hybridized carbons (Fsp3) is 0.333. The van der Waals surface area contributed by atoms with E-state index in [1.165, 1.54) is 31.5 Å². The van der Waals surface area contributed by atoms with Gasteiger partial charge in [0, 0.05) is 12.0 Å². The van der Waals surface area contributed by atoms with Crippen LogP contribution in [-0.4, -0.2) is 47.1 Å². The Bertz CT molecular complexity index is 911. The molecule has 156 valence electrons. The SMILES string of the molecule is COc1ncc(NC(=O)C(=O)NC(C)(C)CCOc2ccc(C(=O)O)c(Cl)c2)o1. The molecule has 1 aromatic heterocycles. The molecular formula is C18H20ClN3O7. The number of hydrogen-bond acceptors (Lipinski definition) is 7. The number of rotatable bonds is 8. The Hall–Kier alpha value is -3.27. The summed E-state index contributed by atoms with van der Waals surface area (Å²) in [6.45, 7) is 3.63. The van der Waals surface area contributed by atoms with E-state index in [4.69, 9.17) is 30.6 Å². The van der Waals surface area contributed by atoms with Crippen LogP contribution in [-0.2, 0) is 9.59 Å². The number of amides is 2. The number of oxazole rings is 1. The van der Waals surface area contributed by atoms with Crippen molar-refractivity contribution in [3.63, 3.8) is 0 Å². The number of benzene rings is 1. The molecule has 11 heteroatoms. The van der Waals surface area contributed by atoms with Gasteiger partial charge in [-0.1, -0.05) is 11.6 Å². The third kappa shape index (κ3) is 6.39. The van der Waals surface area contributed by atoms with Gasteiger partial charge >= 0.3 is 23.9 Å². The fourth-order valence-corrected chi connectivity index (χ4v) is 2.44. The minimum Gasteiger partial charge on any atom is -0.493 e. The van der Waals surface area contributed by atoms with Crippen molar-refractivity contribution in [1.82, 2.24) is 10.3 Å². The minimum atomic E-state index is -1.13. The topological polar surface area (TPSA) is 140 Å². The van der Waals surface area contributed by atoms with E-state index in [0.717, 1.165) is 0 Å².